The fraction of sp³-hybridized carbons (Fsp3) is 0.909. The Labute approximate surface area is 90.0 Å². The maximum atomic E-state index is 11.9. The van der Waals surface area contributed by atoms with Crippen LogP contribution in [0.25, 0.3) is 0 Å². The van der Waals surface area contributed by atoms with Gasteiger partial charge in [-0.2, -0.15) is 0 Å². The molecule has 0 radical (unpaired) electrons. The number of carbonyl (C=O) groups is 1. The molecule has 1 aliphatic carbocycles. The zero-order chi connectivity index (χ0) is 11.3. The summed E-state index contributed by atoms with van der Waals surface area (Å²) in [4.78, 5) is 11.9. The van der Waals surface area contributed by atoms with Gasteiger partial charge in [0.05, 0.1) is 6.61 Å². The Morgan fingerprint density at radius 1 is 1.47 bits per heavy atom. The van der Waals surface area contributed by atoms with Gasteiger partial charge in [0.25, 0.3) is 0 Å². The van der Waals surface area contributed by atoms with Crippen LogP contribution in [0.4, 0.5) is 0 Å². The smallest absolute Gasteiger partial charge is 0.326 e. The Morgan fingerprint density at radius 2 is 2.07 bits per heavy atom. The average molecular weight is 213 g/mol. The zero-order valence-electron chi connectivity index (χ0n) is 9.59. The molecule has 0 aromatic heterocycles. The van der Waals surface area contributed by atoms with Crippen LogP contribution in [0.1, 0.15) is 33.6 Å². The number of hydrogen-bond donors (Lipinski definition) is 2. The maximum Gasteiger partial charge on any atom is 0.326 e. The molecule has 3 fully saturated rings. The van der Waals surface area contributed by atoms with Gasteiger partial charge in [0.15, 0.2) is 0 Å². The number of rotatable bonds is 2. The highest BCUT2D eigenvalue weighted by molar-refractivity contribution is 5.84. The molecule has 2 aliphatic heterocycles. The van der Waals surface area contributed by atoms with Crippen molar-refractivity contribution >= 4 is 5.97 Å². The topological polar surface area (TPSA) is 58.6 Å². The van der Waals surface area contributed by atoms with Crippen molar-refractivity contribution in [2.24, 2.45) is 5.41 Å². The first-order valence-corrected chi connectivity index (χ1v) is 5.40. The van der Waals surface area contributed by atoms with Crippen LogP contribution in [0.15, 0.2) is 0 Å². The van der Waals surface area contributed by atoms with Gasteiger partial charge in [-0.1, -0.05) is 0 Å². The monoisotopic (exact) mass is 213 g/mol. The van der Waals surface area contributed by atoms with Crippen LogP contribution >= 0.6 is 0 Å². The van der Waals surface area contributed by atoms with Crippen LogP contribution in [-0.2, 0) is 9.53 Å². The molecule has 3 rings (SSSR count). The van der Waals surface area contributed by atoms with Crippen molar-refractivity contribution in [1.29, 1.82) is 0 Å². The molecule has 0 atom stereocenters. The summed E-state index contributed by atoms with van der Waals surface area (Å²) in [7, 11) is 0. The normalized spacial score (nSPS) is 38.7. The zero-order valence-corrected chi connectivity index (χ0v) is 9.59. The van der Waals surface area contributed by atoms with Crippen LogP contribution in [-0.4, -0.2) is 35.4 Å². The summed E-state index contributed by atoms with van der Waals surface area (Å²) in [5, 5.41) is 12.4. The number of nitrogens with one attached hydrogen (secondary N) is 1. The van der Waals surface area contributed by atoms with E-state index >= 15 is 0 Å². The van der Waals surface area contributed by atoms with Crippen molar-refractivity contribution in [2.75, 3.05) is 13.2 Å². The lowest BCUT2D eigenvalue weighted by Crippen LogP contribution is -2.57. The van der Waals surface area contributed by atoms with Crippen molar-refractivity contribution in [3.63, 3.8) is 0 Å². The highest BCUT2D eigenvalue weighted by atomic mass is 16.6. The molecule has 2 heterocycles. The number of carbonyl (C=O) groups excluding carboxylic acids is 1. The van der Waals surface area contributed by atoms with E-state index in [1.54, 1.807) is 0 Å². The molecule has 0 amide bonds. The quantitative estimate of drug-likeness (QED) is 0.654. The van der Waals surface area contributed by atoms with Gasteiger partial charge in [0, 0.05) is 12.0 Å². The second-order valence-corrected chi connectivity index (χ2v) is 5.95. The van der Waals surface area contributed by atoms with Gasteiger partial charge in [0.1, 0.15) is 11.1 Å². The van der Waals surface area contributed by atoms with Gasteiger partial charge in [-0.3, -0.25) is 4.79 Å². The molecule has 2 N–H and O–H groups in total. The van der Waals surface area contributed by atoms with Crippen LogP contribution in [0.3, 0.4) is 0 Å². The summed E-state index contributed by atoms with van der Waals surface area (Å²) in [6.45, 7) is 6.49. The van der Waals surface area contributed by atoms with Crippen LogP contribution < -0.4 is 5.32 Å². The summed E-state index contributed by atoms with van der Waals surface area (Å²) in [5.74, 6) is -0.170. The van der Waals surface area contributed by atoms with Crippen LogP contribution in [0.2, 0.25) is 0 Å². The van der Waals surface area contributed by atoms with E-state index in [0.717, 1.165) is 6.54 Å². The predicted molar refractivity (Wildman–Crippen MR) is 55.3 cm³/mol. The highest BCUT2D eigenvalue weighted by Crippen LogP contribution is 2.54. The lowest BCUT2D eigenvalue weighted by Gasteiger charge is -2.44. The van der Waals surface area contributed by atoms with E-state index in [1.165, 1.54) is 0 Å². The number of fused-ring (bicyclic) bond motifs is 1. The molecule has 2 saturated heterocycles. The number of hydrogen-bond acceptors (Lipinski definition) is 4. The molecule has 1 saturated carbocycles. The molecule has 3 aliphatic rings. The molecule has 15 heavy (non-hydrogen) atoms. The van der Waals surface area contributed by atoms with Crippen molar-refractivity contribution in [1.82, 2.24) is 5.32 Å². The summed E-state index contributed by atoms with van der Waals surface area (Å²) < 4.78 is 5.37. The van der Waals surface area contributed by atoms with E-state index < -0.39 is 11.1 Å². The second kappa shape index (κ2) is 2.95. The van der Waals surface area contributed by atoms with Gasteiger partial charge >= 0.3 is 5.97 Å². The molecule has 0 aromatic carbocycles. The van der Waals surface area contributed by atoms with E-state index in [1.807, 2.05) is 20.8 Å². The molecule has 4 nitrogen and oxygen atoms in total. The molecular weight excluding hydrogens is 194 g/mol. The van der Waals surface area contributed by atoms with Crippen molar-refractivity contribution < 1.29 is 14.6 Å². The Balaban J connectivity index is 2.00. The van der Waals surface area contributed by atoms with Gasteiger partial charge in [-0.05, 0) is 33.6 Å². The third-order valence-electron chi connectivity index (χ3n) is 3.28. The molecule has 2 bridgehead atoms. The summed E-state index contributed by atoms with van der Waals surface area (Å²) in [6.07, 6.45) is 1.43. The fourth-order valence-corrected chi connectivity index (χ4v) is 2.60. The maximum absolute atomic E-state index is 11.9. The van der Waals surface area contributed by atoms with E-state index in [-0.39, 0.29) is 18.0 Å². The Kier molecular flexibility index (Phi) is 2.14. The van der Waals surface area contributed by atoms with Crippen LogP contribution in [0, 0.1) is 5.41 Å². The van der Waals surface area contributed by atoms with Crippen molar-refractivity contribution in [2.45, 2.75) is 44.8 Å². The Hall–Kier alpha value is -0.610. The average Bonchev–Trinajstić information content (AvgIpc) is 2.54. The molecule has 0 unspecified atom stereocenters. The Morgan fingerprint density at radius 3 is 2.47 bits per heavy atom. The van der Waals surface area contributed by atoms with Gasteiger partial charge < -0.3 is 15.2 Å². The largest absolute Gasteiger partial charge is 0.459 e. The Bertz CT molecular complexity index is 287. The van der Waals surface area contributed by atoms with Gasteiger partial charge in [-0.25, -0.2) is 0 Å². The highest BCUT2D eigenvalue weighted by Gasteiger charge is 2.65. The van der Waals surface area contributed by atoms with Gasteiger partial charge in [0.2, 0.25) is 0 Å². The summed E-state index contributed by atoms with van der Waals surface area (Å²) >= 11 is 0. The number of aliphatic hydroxyl groups excluding tert-OH is 1. The number of ether oxygens (including phenoxy) is 1. The van der Waals surface area contributed by atoms with Crippen molar-refractivity contribution in [3.8, 4) is 0 Å². The third-order valence-corrected chi connectivity index (χ3v) is 3.28. The molecule has 4 heteroatoms. The summed E-state index contributed by atoms with van der Waals surface area (Å²) in [6, 6.07) is 0. The van der Waals surface area contributed by atoms with Crippen LogP contribution in [0.5, 0.6) is 0 Å². The van der Waals surface area contributed by atoms with Gasteiger partial charge in [-0.15, -0.1) is 0 Å². The molecule has 0 aromatic rings. The third kappa shape index (κ3) is 1.66. The first-order valence-electron chi connectivity index (χ1n) is 5.40. The van der Waals surface area contributed by atoms with E-state index in [2.05, 4.69) is 5.32 Å². The van der Waals surface area contributed by atoms with E-state index in [4.69, 9.17) is 4.74 Å². The number of esters is 1. The minimum absolute atomic E-state index is 0.0586. The fourth-order valence-electron chi connectivity index (χ4n) is 2.60. The van der Waals surface area contributed by atoms with E-state index in [0.29, 0.717) is 12.8 Å². The standard InChI is InChI=1S/C11H19NO3/c1-9(2,3)15-8(14)11-4-10(5-11,7-13)6-12-11/h12-13H,4-7H2,1-3H3. The summed E-state index contributed by atoms with van der Waals surface area (Å²) in [5.41, 5.74) is -1.000. The predicted octanol–water partition coefficient (Wildman–Crippen LogP) is 0.443. The first-order chi connectivity index (χ1) is 6.81. The van der Waals surface area contributed by atoms with Crippen molar-refractivity contribution in [3.05, 3.63) is 0 Å². The SMILES string of the molecule is CC(C)(C)OC(=O)C12CC(CO)(CN1)C2. The minimum atomic E-state index is -0.504. The second-order valence-electron chi connectivity index (χ2n) is 5.95. The molecular formula is C11H19NO3. The minimum Gasteiger partial charge on any atom is -0.459 e. The lowest BCUT2D eigenvalue weighted by molar-refractivity contribution is -0.168. The molecule has 86 valence electrons. The molecule has 0 spiro atoms. The van der Waals surface area contributed by atoms with E-state index in [9.17, 15) is 9.90 Å². The lowest BCUT2D eigenvalue weighted by atomic mass is 9.62. The number of aliphatic hydroxyl groups is 1. The first kappa shape index (κ1) is 10.9.